The SMILES string of the molecule is O=C(C(CBr)c1c(F)cccc1F)C(CBr)c1c(F)cccc1F. The van der Waals surface area contributed by atoms with Crippen molar-refractivity contribution in [2.45, 2.75) is 11.8 Å². The summed E-state index contributed by atoms with van der Waals surface area (Å²) in [6, 6.07) is 6.51. The molecule has 0 saturated carbocycles. The second-order valence-electron chi connectivity index (χ2n) is 5.09. The minimum atomic E-state index is -1.22. The second-order valence-corrected chi connectivity index (χ2v) is 6.38. The van der Waals surface area contributed by atoms with Gasteiger partial charge < -0.3 is 0 Å². The van der Waals surface area contributed by atoms with Crippen LogP contribution in [0.4, 0.5) is 17.6 Å². The van der Waals surface area contributed by atoms with E-state index < -0.39 is 52.0 Å². The Morgan fingerprint density at radius 3 is 1.29 bits per heavy atom. The maximum absolute atomic E-state index is 14.0. The molecule has 128 valence electrons. The Hall–Kier alpha value is -1.21. The van der Waals surface area contributed by atoms with Crippen LogP contribution in [0.25, 0.3) is 0 Å². The third kappa shape index (κ3) is 3.72. The smallest absolute Gasteiger partial charge is 0.149 e. The number of hydrogen-bond donors (Lipinski definition) is 0. The van der Waals surface area contributed by atoms with Gasteiger partial charge in [-0.05, 0) is 24.3 Å². The highest BCUT2D eigenvalue weighted by molar-refractivity contribution is 9.09. The predicted molar refractivity (Wildman–Crippen MR) is 90.8 cm³/mol. The van der Waals surface area contributed by atoms with E-state index in [0.717, 1.165) is 24.3 Å². The van der Waals surface area contributed by atoms with Crippen LogP contribution in [-0.2, 0) is 4.79 Å². The number of carbonyl (C=O) groups is 1. The first-order chi connectivity index (χ1) is 11.4. The minimum Gasteiger partial charge on any atom is -0.298 e. The Bertz CT molecular complexity index is 649. The molecule has 0 N–H and O–H groups in total. The van der Waals surface area contributed by atoms with E-state index in [1.165, 1.54) is 12.1 Å². The summed E-state index contributed by atoms with van der Waals surface area (Å²) < 4.78 is 56.0. The van der Waals surface area contributed by atoms with Gasteiger partial charge in [0.25, 0.3) is 0 Å². The molecule has 24 heavy (non-hydrogen) atoms. The molecule has 7 heteroatoms. The number of carbonyl (C=O) groups excluding carboxylic acids is 1. The molecule has 1 nitrogen and oxygen atoms in total. The number of ketones is 1. The van der Waals surface area contributed by atoms with Crippen molar-refractivity contribution in [2.24, 2.45) is 0 Å². The number of halogens is 6. The molecule has 0 heterocycles. The summed E-state index contributed by atoms with van der Waals surface area (Å²) in [5, 5.41) is -0.160. The van der Waals surface area contributed by atoms with E-state index in [-0.39, 0.29) is 10.7 Å². The molecule has 0 fully saturated rings. The molecule has 2 atom stereocenters. The van der Waals surface area contributed by atoms with Crippen molar-refractivity contribution in [3.63, 3.8) is 0 Å². The van der Waals surface area contributed by atoms with Crippen LogP contribution in [0.1, 0.15) is 23.0 Å². The fourth-order valence-electron chi connectivity index (χ4n) is 2.52. The average molecular weight is 468 g/mol. The summed E-state index contributed by atoms with van der Waals surface area (Å²) in [7, 11) is 0. The van der Waals surface area contributed by atoms with E-state index in [1.54, 1.807) is 0 Å². The van der Waals surface area contributed by atoms with Gasteiger partial charge >= 0.3 is 0 Å². The fraction of sp³-hybridized carbons (Fsp3) is 0.235. The van der Waals surface area contributed by atoms with Gasteiger partial charge in [-0.15, -0.1) is 0 Å². The molecule has 2 unspecified atom stereocenters. The monoisotopic (exact) mass is 466 g/mol. The van der Waals surface area contributed by atoms with Crippen molar-refractivity contribution in [3.8, 4) is 0 Å². The van der Waals surface area contributed by atoms with Gasteiger partial charge in [0.2, 0.25) is 0 Å². The Morgan fingerprint density at radius 2 is 1.04 bits per heavy atom. The summed E-state index contributed by atoms with van der Waals surface area (Å²) in [5.41, 5.74) is -0.829. The van der Waals surface area contributed by atoms with Gasteiger partial charge in [-0.25, -0.2) is 17.6 Å². The van der Waals surface area contributed by atoms with Crippen LogP contribution in [-0.4, -0.2) is 16.4 Å². The molecule has 0 amide bonds. The summed E-state index contributed by atoms with van der Waals surface area (Å²) in [4.78, 5) is 12.8. The van der Waals surface area contributed by atoms with E-state index in [2.05, 4.69) is 31.9 Å². The molecule has 2 rings (SSSR count). The van der Waals surface area contributed by atoms with Crippen LogP contribution < -0.4 is 0 Å². The Labute approximate surface area is 153 Å². The summed E-state index contributed by atoms with van der Waals surface area (Å²) >= 11 is 6.14. The van der Waals surface area contributed by atoms with Gasteiger partial charge in [0.1, 0.15) is 29.1 Å². The van der Waals surface area contributed by atoms with Gasteiger partial charge in [0.15, 0.2) is 0 Å². The third-order valence-corrected chi connectivity index (χ3v) is 4.99. The van der Waals surface area contributed by atoms with Gasteiger partial charge in [-0.1, -0.05) is 44.0 Å². The number of Topliss-reactive ketones (excluding diaryl/α,β-unsaturated/α-hetero) is 1. The summed E-state index contributed by atoms with van der Waals surface area (Å²) in [6.45, 7) is 0. The molecular formula is C17H12Br2F4O. The fourth-order valence-corrected chi connectivity index (χ4v) is 3.81. The van der Waals surface area contributed by atoms with Crippen LogP contribution in [0.5, 0.6) is 0 Å². The zero-order valence-corrected chi connectivity index (χ0v) is 15.4. The van der Waals surface area contributed by atoms with Crippen LogP contribution in [0.2, 0.25) is 0 Å². The van der Waals surface area contributed by atoms with Crippen molar-refractivity contribution in [3.05, 3.63) is 70.8 Å². The van der Waals surface area contributed by atoms with Gasteiger partial charge in [-0.3, -0.25) is 4.79 Å². The molecule has 0 radical (unpaired) electrons. The average Bonchev–Trinajstić information content (AvgIpc) is 2.54. The van der Waals surface area contributed by atoms with Crippen LogP contribution in [0.3, 0.4) is 0 Å². The zero-order valence-electron chi connectivity index (χ0n) is 12.2. The molecular weight excluding hydrogens is 456 g/mol. The van der Waals surface area contributed by atoms with Crippen LogP contribution >= 0.6 is 31.9 Å². The van der Waals surface area contributed by atoms with Crippen molar-refractivity contribution < 1.29 is 22.4 Å². The lowest BCUT2D eigenvalue weighted by molar-refractivity contribution is -0.121. The normalized spacial score (nSPS) is 13.6. The van der Waals surface area contributed by atoms with E-state index >= 15 is 0 Å². The number of hydrogen-bond acceptors (Lipinski definition) is 1. The predicted octanol–water partition coefficient (Wildman–Crippen LogP) is 5.47. The molecule has 0 aliphatic rings. The van der Waals surface area contributed by atoms with Crippen molar-refractivity contribution in [2.75, 3.05) is 10.7 Å². The van der Waals surface area contributed by atoms with Gasteiger partial charge in [0.05, 0.1) is 11.8 Å². The number of benzene rings is 2. The molecule has 0 bridgehead atoms. The Balaban J connectivity index is 2.50. The number of alkyl halides is 2. The second kappa shape index (κ2) is 8.25. The van der Waals surface area contributed by atoms with Gasteiger partial charge in [0, 0.05) is 21.8 Å². The highest BCUT2D eigenvalue weighted by Crippen LogP contribution is 2.34. The number of rotatable bonds is 6. The molecule has 0 spiro atoms. The third-order valence-electron chi connectivity index (χ3n) is 3.69. The first-order valence-electron chi connectivity index (χ1n) is 6.95. The maximum atomic E-state index is 14.0. The van der Waals surface area contributed by atoms with E-state index in [4.69, 9.17) is 0 Å². The first-order valence-corrected chi connectivity index (χ1v) is 9.20. The lowest BCUT2D eigenvalue weighted by Gasteiger charge is -2.22. The van der Waals surface area contributed by atoms with Crippen molar-refractivity contribution in [1.29, 1.82) is 0 Å². The lowest BCUT2D eigenvalue weighted by atomic mass is 9.85. The topological polar surface area (TPSA) is 17.1 Å². The van der Waals surface area contributed by atoms with Crippen molar-refractivity contribution >= 4 is 37.6 Å². The lowest BCUT2D eigenvalue weighted by Crippen LogP contribution is -2.26. The Kier molecular flexibility index (Phi) is 6.57. The molecule has 0 aliphatic heterocycles. The van der Waals surface area contributed by atoms with E-state index in [0.29, 0.717) is 0 Å². The summed E-state index contributed by atoms with van der Waals surface area (Å²) in [5.74, 6) is -6.63. The van der Waals surface area contributed by atoms with Crippen molar-refractivity contribution in [1.82, 2.24) is 0 Å². The molecule has 0 aliphatic carbocycles. The molecule has 0 saturated heterocycles. The largest absolute Gasteiger partial charge is 0.298 e. The highest BCUT2D eigenvalue weighted by Gasteiger charge is 2.34. The maximum Gasteiger partial charge on any atom is 0.149 e. The van der Waals surface area contributed by atoms with E-state index in [1.807, 2.05) is 0 Å². The van der Waals surface area contributed by atoms with Crippen LogP contribution in [0.15, 0.2) is 36.4 Å². The van der Waals surface area contributed by atoms with Crippen LogP contribution in [0, 0.1) is 23.3 Å². The first kappa shape index (κ1) is 19.1. The Morgan fingerprint density at radius 1 is 0.750 bits per heavy atom. The van der Waals surface area contributed by atoms with Gasteiger partial charge in [-0.2, -0.15) is 0 Å². The standard InChI is InChI=1S/C17H12Br2F4O/c18-7-9(15-11(20)3-1-4-12(15)21)17(24)10(8-19)16-13(22)5-2-6-14(16)23/h1-6,9-10H,7-8H2. The quantitative estimate of drug-likeness (QED) is 0.406. The van der Waals surface area contributed by atoms with E-state index in [9.17, 15) is 22.4 Å². The molecule has 2 aromatic carbocycles. The molecule has 2 aromatic rings. The highest BCUT2D eigenvalue weighted by atomic mass is 79.9. The molecule has 0 aromatic heterocycles. The zero-order chi connectivity index (χ0) is 17.9. The summed E-state index contributed by atoms with van der Waals surface area (Å²) in [6.07, 6.45) is 0. The minimum absolute atomic E-state index is 0.0801.